The highest BCUT2D eigenvalue weighted by Crippen LogP contribution is 2.24. The summed E-state index contributed by atoms with van der Waals surface area (Å²) >= 11 is 5.91. The first kappa shape index (κ1) is 17.6. The van der Waals surface area contributed by atoms with Crippen molar-refractivity contribution in [1.82, 2.24) is 9.97 Å². The molecular weight excluding hydrogens is 382 g/mol. The number of benzene rings is 2. The van der Waals surface area contributed by atoms with Gasteiger partial charge in [-0.2, -0.15) is 5.26 Å². The SMILES string of the molecule is N#C/C(=C(/O)COC(=O)c1cc2cc(Cl)ccc2o1)c1nc2ccccc2[nH]1. The Morgan fingerprint density at radius 1 is 1.29 bits per heavy atom. The largest absolute Gasteiger partial charge is 0.507 e. The first-order chi connectivity index (χ1) is 13.5. The van der Waals surface area contributed by atoms with Crippen LogP contribution in [0.25, 0.3) is 27.6 Å². The number of carbonyl (C=O) groups excluding carboxylic acids is 1. The van der Waals surface area contributed by atoms with Crippen LogP contribution < -0.4 is 0 Å². The minimum atomic E-state index is -0.777. The lowest BCUT2D eigenvalue weighted by atomic mass is 10.2. The molecule has 0 aliphatic rings. The molecule has 2 N–H and O–H groups in total. The van der Waals surface area contributed by atoms with E-state index in [0.717, 1.165) is 5.52 Å². The van der Waals surface area contributed by atoms with E-state index in [1.165, 1.54) is 6.07 Å². The number of fused-ring (bicyclic) bond motifs is 2. The normalized spacial score (nSPS) is 12.0. The molecular formula is C20H12ClN3O4. The predicted octanol–water partition coefficient (Wildman–Crippen LogP) is 4.61. The number of hydrogen-bond acceptors (Lipinski definition) is 6. The molecule has 8 heteroatoms. The van der Waals surface area contributed by atoms with E-state index < -0.39 is 18.3 Å². The maximum absolute atomic E-state index is 12.2. The summed E-state index contributed by atoms with van der Waals surface area (Å²) in [6.45, 7) is -0.503. The maximum Gasteiger partial charge on any atom is 0.374 e. The van der Waals surface area contributed by atoms with Crippen LogP contribution in [0.5, 0.6) is 0 Å². The number of furan rings is 1. The van der Waals surface area contributed by atoms with E-state index >= 15 is 0 Å². The van der Waals surface area contributed by atoms with Crippen LogP contribution in [0.4, 0.5) is 0 Å². The number of para-hydroxylation sites is 2. The van der Waals surface area contributed by atoms with Crippen LogP contribution >= 0.6 is 11.6 Å². The third-order valence-corrected chi connectivity index (χ3v) is 4.28. The van der Waals surface area contributed by atoms with E-state index in [0.29, 0.717) is 21.5 Å². The van der Waals surface area contributed by atoms with Gasteiger partial charge in [0.2, 0.25) is 5.76 Å². The Bertz CT molecular complexity index is 1250. The number of rotatable bonds is 4. The average molecular weight is 394 g/mol. The second-order valence-corrected chi connectivity index (χ2v) is 6.34. The Kier molecular flexibility index (Phi) is 4.47. The number of allylic oxidation sites excluding steroid dienone is 1. The summed E-state index contributed by atoms with van der Waals surface area (Å²) in [5.41, 5.74) is 1.74. The van der Waals surface area contributed by atoms with E-state index in [2.05, 4.69) is 9.97 Å². The van der Waals surface area contributed by atoms with E-state index in [-0.39, 0.29) is 17.2 Å². The minimum Gasteiger partial charge on any atom is -0.507 e. The molecule has 0 saturated heterocycles. The van der Waals surface area contributed by atoms with Crippen LogP contribution in [0.1, 0.15) is 16.4 Å². The number of aromatic nitrogens is 2. The van der Waals surface area contributed by atoms with Crippen LogP contribution in [0.3, 0.4) is 0 Å². The van der Waals surface area contributed by atoms with Gasteiger partial charge in [0.1, 0.15) is 17.2 Å². The van der Waals surface area contributed by atoms with E-state index in [4.69, 9.17) is 20.8 Å². The van der Waals surface area contributed by atoms with Gasteiger partial charge in [0.05, 0.1) is 11.0 Å². The Morgan fingerprint density at radius 2 is 2.11 bits per heavy atom. The van der Waals surface area contributed by atoms with Crippen LogP contribution in [0.15, 0.2) is 58.7 Å². The van der Waals surface area contributed by atoms with Crippen molar-refractivity contribution in [2.45, 2.75) is 0 Å². The number of H-pyrrole nitrogens is 1. The predicted molar refractivity (Wildman–Crippen MR) is 103 cm³/mol. The third-order valence-electron chi connectivity index (χ3n) is 4.05. The smallest absolute Gasteiger partial charge is 0.374 e. The molecule has 28 heavy (non-hydrogen) atoms. The molecule has 0 aliphatic carbocycles. The van der Waals surface area contributed by atoms with E-state index in [9.17, 15) is 15.2 Å². The third kappa shape index (κ3) is 3.29. The quantitative estimate of drug-likeness (QED) is 0.297. The number of aliphatic hydroxyl groups is 1. The zero-order valence-corrected chi connectivity index (χ0v) is 15.0. The molecule has 0 unspecified atom stereocenters. The second-order valence-electron chi connectivity index (χ2n) is 5.90. The number of halogens is 1. The molecule has 2 aromatic heterocycles. The van der Waals surface area contributed by atoms with Crippen molar-refractivity contribution >= 4 is 45.1 Å². The lowest BCUT2D eigenvalue weighted by Gasteiger charge is -2.03. The monoisotopic (exact) mass is 393 g/mol. The molecule has 4 rings (SSSR count). The van der Waals surface area contributed by atoms with Gasteiger partial charge in [-0.3, -0.25) is 0 Å². The first-order valence-corrected chi connectivity index (χ1v) is 8.56. The van der Waals surface area contributed by atoms with Gasteiger partial charge >= 0.3 is 5.97 Å². The van der Waals surface area contributed by atoms with Crippen molar-refractivity contribution in [3.8, 4) is 6.07 Å². The lowest BCUT2D eigenvalue weighted by molar-refractivity contribution is 0.0469. The fourth-order valence-corrected chi connectivity index (χ4v) is 2.90. The fourth-order valence-electron chi connectivity index (χ4n) is 2.72. The number of ether oxygens (including phenoxy) is 1. The molecule has 0 fully saturated rings. The number of imidazole rings is 1. The van der Waals surface area contributed by atoms with Crippen molar-refractivity contribution in [2.24, 2.45) is 0 Å². The minimum absolute atomic E-state index is 0.0349. The van der Waals surface area contributed by atoms with E-state index in [1.807, 2.05) is 18.2 Å². The molecule has 0 spiro atoms. The van der Waals surface area contributed by atoms with E-state index in [1.54, 1.807) is 30.3 Å². The van der Waals surface area contributed by atoms with Gasteiger partial charge in [-0.15, -0.1) is 0 Å². The molecule has 0 saturated carbocycles. The van der Waals surface area contributed by atoms with Crippen molar-refractivity contribution in [3.05, 3.63) is 70.9 Å². The first-order valence-electron chi connectivity index (χ1n) is 8.18. The topological polar surface area (TPSA) is 112 Å². The number of carbonyl (C=O) groups is 1. The number of esters is 1. The summed E-state index contributed by atoms with van der Waals surface area (Å²) in [7, 11) is 0. The molecule has 0 atom stereocenters. The maximum atomic E-state index is 12.2. The Hall–Kier alpha value is -3.76. The van der Waals surface area contributed by atoms with Crippen LogP contribution in [0.2, 0.25) is 5.02 Å². The number of nitriles is 1. The summed E-state index contributed by atoms with van der Waals surface area (Å²) in [6.07, 6.45) is 0. The van der Waals surface area contributed by atoms with Crippen LogP contribution in [-0.2, 0) is 4.74 Å². The number of aliphatic hydroxyl groups excluding tert-OH is 1. The van der Waals surface area contributed by atoms with Crippen molar-refractivity contribution in [1.29, 1.82) is 5.26 Å². The van der Waals surface area contributed by atoms with Gasteiger partial charge in [-0.1, -0.05) is 23.7 Å². The number of aromatic amines is 1. The van der Waals surface area contributed by atoms with Gasteiger partial charge in [0.15, 0.2) is 18.2 Å². The van der Waals surface area contributed by atoms with Gasteiger partial charge < -0.3 is 19.2 Å². The zero-order chi connectivity index (χ0) is 19.7. The molecule has 2 heterocycles. The summed E-state index contributed by atoms with van der Waals surface area (Å²) < 4.78 is 10.5. The molecule has 4 aromatic rings. The average Bonchev–Trinajstić information content (AvgIpc) is 3.30. The number of hydrogen-bond donors (Lipinski definition) is 2. The highest BCUT2D eigenvalue weighted by atomic mass is 35.5. The Morgan fingerprint density at radius 3 is 2.89 bits per heavy atom. The standard InChI is InChI=1S/C20H12ClN3O4/c21-12-5-6-17-11(7-12)8-18(28-17)20(26)27-10-16(25)13(9-22)19-23-14-3-1-2-4-15(14)24-19/h1-8,25H,10H2,(H,23,24)/b16-13-. The number of nitrogens with zero attached hydrogens (tertiary/aromatic N) is 2. The molecule has 138 valence electrons. The Labute approximate surface area is 163 Å². The second kappa shape index (κ2) is 7.10. The molecule has 7 nitrogen and oxygen atoms in total. The van der Waals surface area contributed by atoms with Crippen molar-refractivity contribution < 1.29 is 19.1 Å². The highest BCUT2D eigenvalue weighted by molar-refractivity contribution is 6.31. The van der Waals surface area contributed by atoms with Gasteiger partial charge in [-0.05, 0) is 36.4 Å². The molecule has 0 bridgehead atoms. The molecule has 0 amide bonds. The Balaban J connectivity index is 1.54. The van der Waals surface area contributed by atoms with Crippen molar-refractivity contribution in [2.75, 3.05) is 6.61 Å². The summed E-state index contributed by atoms with van der Waals surface area (Å²) in [6, 6.07) is 15.5. The summed E-state index contributed by atoms with van der Waals surface area (Å²) in [5, 5.41) is 20.8. The summed E-state index contributed by atoms with van der Waals surface area (Å²) in [4.78, 5) is 19.4. The van der Waals surface area contributed by atoms with Crippen LogP contribution in [-0.4, -0.2) is 27.7 Å². The summed E-state index contributed by atoms with van der Waals surface area (Å²) in [5.74, 6) is -1.04. The fraction of sp³-hybridized carbons (Fsp3) is 0.0500. The van der Waals surface area contributed by atoms with Gasteiger partial charge in [0, 0.05) is 10.4 Å². The van der Waals surface area contributed by atoms with Gasteiger partial charge in [-0.25, -0.2) is 9.78 Å². The van der Waals surface area contributed by atoms with Crippen LogP contribution in [0, 0.1) is 11.3 Å². The molecule has 2 aromatic carbocycles. The zero-order valence-electron chi connectivity index (χ0n) is 14.3. The molecule has 0 radical (unpaired) electrons. The lowest BCUT2D eigenvalue weighted by Crippen LogP contribution is -2.08. The number of nitrogens with one attached hydrogen (secondary N) is 1. The molecule has 0 aliphatic heterocycles. The van der Waals surface area contributed by atoms with Crippen molar-refractivity contribution in [3.63, 3.8) is 0 Å². The van der Waals surface area contributed by atoms with Gasteiger partial charge in [0.25, 0.3) is 0 Å². The highest BCUT2D eigenvalue weighted by Gasteiger charge is 2.18.